The number of hydrogen-bond acceptors (Lipinski definition) is 2. The number of ether oxygens (including phenoxy) is 1. The zero-order valence-corrected chi connectivity index (χ0v) is 12.2. The quantitative estimate of drug-likeness (QED) is 0.921. The summed E-state index contributed by atoms with van der Waals surface area (Å²) in [6.45, 7) is 1.67. The molecule has 0 aliphatic carbocycles. The molecule has 0 saturated carbocycles. The lowest BCUT2D eigenvalue weighted by molar-refractivity contribution is 0.252. The second kappa shape index (κ2) is 5.76. The fourth-order valence-corrected chi connectivity index (χ4v) is 2.79. The summed E-state index contributed by atoms with van der Waals surface area (Å²) >= 11 is 3.53. The Balaban J connectivity index is 1.75. The number of nitrogens with one attached hydrogen (secondary N) is 1. The van der Waals surface area contributed by atoms with Crippen molar-refractivity contribution >= 4 is 15.9 Å². The summed E-state index contributed by atoms with van der Waals surface area (Å²) in [6, 6.07) is 17.1. The monoisotopic (exact) mass is 317 g/mol. The normalized spacial score (nSPS) is 17.6. The van der Waals surface area contributed by atoms with Crippen molar-refractivity contribution in [1.82, 2.24) is 5.32 Å². The maximum Gasteiger partial charge on any atom is 0.124 e. The van der Waals surface area contributed by atoms with Gasteiger partial charge >= 0.3 is 0 Å². The molecule has 0 saturated heterocycles. The lowest BCUT2D eigenvalue weighted by Gasteiger charge is -2.27. The predicted octanol–water partition coefficient (Wildman–Crippen LogP) is 4.06. The predicted molar refractivity (Wildman–Crippen MR) is 80.3 cm³/mol. The Morgan fingerprint density at radius 1 is 1.16 bits per heavy atom. The molecule has 19 heavy (non-hydrogen) atoms. The highest BCUT2D eigenvalue weighted by Gasteiger charge is 2.21. The van der Waals surface area contributed by atoms with E-state index in [1.54, 1.807) is 0 Å². The van der Waals surface area contributed by atoms with E-state index in [1.165, 1.54) is 11.1 Å². The summed E-state index contributed by atoms with van der Waals surface area (Å²) in [7, 11) is 0. The van der Waals surface area contributed by atoms with Crippen LogP contribution in [0.15, 0.2) is 53.0 Å². The Hall–Kier alpha value is -1.32. The Morgan fingerprint density at radius 3 is 2.84 bits per heavy atom. The van der Waals surface area contributed by atoms with Crippen LogP contribution >= 0.6 is 15.9 Å². The van der Waals surface area contributed by atoms with Crippen molar-refractivity contribution in [2.24, 2.45) is 0 Å². The van der Waals surface area contributed by atoms with Gasteiger partial charge in [-0.2, -0.15) is 0 Å². The zero-order valence-electron chi connectivity index (χ0n) is 10.6. The first-order valence-electron chi connectivity index (χ1n) is 6.52. The van der Waals surface area contributed by atoms with Crippen LogP contribution in [0.5, 0.6) is 5.75 Å². The molecule has 3 rings (SSSR count). The van der Waals surface area contributed by atoms with Crippen molar-refractivity contribution in [3.8, 4) is 5.75 Å². The lowest BCUT2D eigenvalue weighted by Crippen LogP contribution is -2.26. The molecule has 1 heterocycles. The third kappa shape index (κ3) is 2.99. The average molecular weight is 318 g/mol. The van der Waals surface area contributed by atoms with E-state index >= 15 is 0 Å². The van der Waals surface area contributed by atoms with E-state index in [2.05, 4.69) is 51.6 Å². The van der Waals surface area contributed by atoms with Crippen molar-refractivity contribution in [3.63, 3.8) is 0 Å². The van der Waals surface area contributed by atoms with Crippen molar-refractivity contribution in [3.05, 3.63) is 64.1 Å². The molecular weight excluding hydrogens is 302 g/mol. The van der Waals surface area contributed by atoms with E-state index in [4.69, 9.17) is 4.74 Å². The van der Waals surface area contributed by atoms with Gasteiger partial charge < -0.3 is 10.1 Å². The van der Waals surface area contributed by atoms with Gasteiger partial charge in [-0.05, 0) is 23.8 Å². The van der Waals surface area contributed by atoms with Gasteiger partial charge in [-0.3, -0.25) is 0 Å². The molecule has 0 bridgehead atoms. The standard InChI is InChI=1S/C16H16BrNO/c17-13-6-7-16-14(10-13)15(8-9-19-16)18-11-12-4-2-1-3-5-12/h1-7,10,15,18H,8-9,11H2. The summed E-state index contributed by atoms with van der Waals surface area (Å²) in [6.07, 6.45) is 1.01. The molecule has 1 N–H and O–H groups in total. The first-order chi connectivity index (χ1) is 9.33. The third-order valence-corrected chi connectivity index (χ3v) is 3.90. The maximum absolute atomic E-state index is 5.70. The van der Waals surface area contributed by atoms with Gasteiger partial charge in [0.1, 0.15) is 5.75 Å². The van der Waals surface area contributed by atoms with E-state index in [0.717, 1.165) is 29.8 Å². The Morgan fingerprint density at radius 2 is 2.00 bits per heavy atom. The molecule has 2 nitrogen and oxygen atoms in total. The number of benzene rings is 2. The maximum atomic E-state index is 5.70. The lowest BCUT2D eigenvalue weighted by atomic mass is 10.0. The zero-order chi connectivity index (χ0) is 13.1. The molecule has 98 valence electrons. The largest absolute Gasteiger partial charge is 0.493 e. The van der Waals surface area contributed by atoms with E-state index in [9.17, 15) is 0 Å². The van der Waals surface area contributed by atoms with Gasteiger partial charge in [0.25, 0.3) is 0 Å². The minimum atomic E-state index is 0.362. The molecule has 0 aromatic heterocycles. The minimum absolute atomic E-state index is 0.362. The van der Waals surface area contributed by atoms with Gasteiger partial charge in [-0.1, -0.05) is 46.3 Å². The van der Waals surface area contributed by atoms with E-state index in [-0.39, 0.29) is 0 Å². The highest BCUT2D eigenvalue weighted by atomic mass is 79.9. The molecule has 2 aromatic carbocycles. The van der Waals surface area contributed by atoms with Crippen molar-refractivity contribution < 1.29 is 4.74 Å². The Kier molecular flexibility index (Phi) is 3.85. The highest BCUT2D eigenvalue weighted by Crippen LogP contribution is 2.34. The van der Waals surface area contributed by atoms with Gasteiger partial charge in [0.15, 0.2) is 0 Å². The highest BCUT2D eigenvalue weighted by molar-refractivity contribution is 9.10. The minimum Gasteiger partial charge on any atom is -0.493 e. The van der Waals surface area contributed by atoms with Crippen LogP contribution in [-0.4, -0.2) is 6.61 Å². The van der Waals surface area contributed by atoms with Crippen molar-refractivity contribution in [1.29, 1.82) is 0 Å². The molecule has 3 heteroatoms. The Labute approximate surface area is 121 Å². The van der Waals surface area contributed by atoms with Gasteiger partial charge in [-0.15, -0.1) is 0 Å². The molecule has 0 fully saturated rings. The van der Waals surface area contributed by atoms with Gasteiger partial charge in [0.05, 0.1) is 6.61 Å². The summed E-state index contributed by atoms with van der Waals surface area (Å²) < 4.78 is 6.80. The Bertz CT molecular complexity index is 556. The van der Waals surface area contributed by atoms with Crippen molar-refractivity contribution in [2.75, 3.05) is 6.61 Å². The van der Waals surface area contributed by atoms with E-state index in [0.29, 0.717) is 6.04 Å². The average Bonchev–Trinajstić information content (AvgIpc) is 2.46. The SMILES string of the molecule is Brc1ccc2c(c1)C(NCc1ccccc1)CCO2. The van der Waals surface area contributed by atoms with Gasteiger partial charge in [-0.25, -0.2) is 0 Å². The van der Waals surface area contributed by atoms with Crippen LogP contribution in [0.2, 0.25) is 0 Å². The first-order valence-corrected chi connectivity index (χ1v) is 7.32. The first kappa shape index (κ1) is 12.7. The van der Waals surface area contributed by atoms with Gasteiger partial charge in [0, 0.05) is 29.0 Å². The number of fused-ring (bicyclic) bond motifs is 1. The molecule has 1 aliphatic rings. The number of rotatable bonds is 3. The molecule has 1 unspecified atom stereocenters. The van der Waals surface area contributed by atoms with Crippen LogP contribution < -0.4 is 10.1 Å². The van der Waals surface area contributed by atoms with E-state index < -0.39 is 0 Å². The molecule has 1 atom stereocenters. The van der Waals surface area contributed by atoms with Crippen LogP contribution in [-0.2, 0) is 6.54 Å². The fourth-order valence-electron chi connectivity index (χ4n) is 2.41. The van der Waals surface area contributed by atoms with Crippen LogP contribution in [0.1, 0.15) is 23.6 Å². The molecule has 0 radical (unpaired) electrons. The molecule has 0 amide bonds. The molecule has 0 spiro atoms. The van der Waals surface area contributed by atoms with Crippen LogP contribution in [0.3, 0.4) is 0 Å². The third-order valence-electron chi connectivity index (χ3n) is 3.41. The topological polar surface area (TPSA) is 21.3 Å². The summed E-state index contributed by atoms with van der Waals surface area (Å²) in [4.78, 5) is 0. The number of hydrogen-bond donors (Lipinski definition) is 1. The van der Waals surface area contributed by atoms with Crippen LogP contribution in [0.4, 0.5) is 0 Å². The summed E-state index contributed by atoms with van der Waals surface area (Å²) in [5.41, 5.74) is 2.56. The second-order valence-corrected chi connectivity index (χ2v) is 5.65. The van der Waals surface area contributed by atoms with Crippen LogP contribution in [0.25, 0.3) is 0 Å². The fraction of sp³-hybridized carbons (Fsp3) is 0.250. The van der Waals surface area contributed by atoms with Crippen LogP contribution in [0, 0.1) is 0 Å². The summed E-state index contributed by atoms with van der Waals surface area (Å²) in [5.74, 6) is 1.00. The molecule has 1 aliphatic heterocycles. The summed E-state index contributed by atoms with van der Waals surface area (Å²) in [5, 5.41) is 3.62. The van der Waals surface area contributed by atoms with Crippen molar-refractivity contribution in [2.45, 2.75) is 19.0 Å². The van der Waals surface area contributed by atoms with Gasteiger partial charge in [0.2, 0.25) is 0 Å². The van der Waals surface area contributed by atoms with E-state index in [1.807, 2.05) is 18.2 Å². The molecular formula is C16H16BrNO. The second-order valence-electron chi connectivity index (χ2n) is 4.74. The molecule has 2 aromatic rings. The number of halogens is 1. The smallest absolute Gasteiger partial charge is 0.124 e.